The van der Waals surface area contributed by atoms with Crippen LogP contribution in [0.25, 0.3) is 0 Å². The first kappa shape index (κ1) is 19.2. The summed E-state index contributed by atoms with van der Waals surface area (Å²) in [6.07, 6.45) is 1.07. The Labute approximate surface area is 168 Å². The number of amides is 1. The predicted octanol–water partition coefficient (Wildman–Crippen LogP) is 3.78. The molecule has 2 aromatic rings. The number of carbonyl (C=O) groups is 1. The van der Waals surface area contributed by atoms with E-state index in [2.05, 4.69) is 41.0 Å². The molecule has 3 atom stereocenters. The third-order valence-corrected chi connectivity index (χ3v) is 6.35. The van der Waals surface area contributed by atoms with Crippen molar-refractivity contribution in [3.63, 3.8) is 0 Å². The van der Waals surface area contributed by atoms with Crippen molar-refractivity contribution in [2.24, 2.45) is 11.8 Å². The zero-order valence-electron chi connectivity index (χ0n) is 16.9. The first-order valence-electron chi connectivity index (χ1n) is 10.3. The molecular weight excluding hydrogens is 348 g/mol. The fourth-order valence-electron chi connectivity index (χ4n) is 5.02. The highest BCUT2D eigenvalue weighted by Crippen LogP contribution is 2.46. The number of benzene rings is 2. The van der Waals surface area contributed by atoms with Crippen molar-refractivity contribution in [2.75, 3.05) is 39.9 Å². The molecule has 0 saturated carbocycles. The Bertz CT molecular complexity index is 807. The summed E-state index contributed by atoms with van der Waals surface area (Å²) in [6, 6.07) is 18.4. The second kappa shape index (κ2) is 8.46. The van der Waals surface area contributed by atoms with Crippen molar-refractivity contribution in [2.45, 2.75) is 19.4 Å². The van der Waals surface area contributed by atoms with E-state index in [0.29, 0.717) is 11.8 Å². The van der Waals surface area contributed by atoms with Gasteiger partial charge in [0, 0.05) is 51.4 Å². The van der Waals surface area contributed by atoms with Crippen LogP contribution in [0.1, 0.15) is 33.9 Å². The monoisotopic (exact) mass is 378 g/mol. The average molecular weight is 379 g/mol. The number of rotatable bonds is 6. The lowest BCUT2D eigenvalue weighted by Gasteiger charge is -2.31. The Morgan fingerprint density at radius 2 is 1.79 bits per heavy atom. The van der Waals surface area contributed by atoms with Crippen LogP contribution in [0.15, 0.2) is 54.6 Å². The summed E-state index contributed by atoms with van der Waals surface area (Å²) in [5.74, 6) is 1.20. The van der Waals surface area contributed by atoms with E-state index in [1.54, 1.807) is 7.11 Å². The van der Waals surface area contributed by atoms with Crippen molar-refractivity contribution >= 4 is 5.91 Å². The minimum atomic E-state index is 0.159. The molecule has 0 unspecified atom stereocenters. The molecule has 0 aliphatic carbocycles. The van der Waals surface area contributed by atoms with Crippen LogP contribution in [0, 0.1) is 18.8 Å². The van der Waals surface area contributed by atoms with Crippen LogP contribution in [0.4, 0.5) is 0 Å². The van der Waals surface area contributed by atoms with Gasteiger partial charge in [0.2, 0.25) is 0 Å². The highest BCUT2D eigenvalue weighted by Gasteiger charge is 2.49. The minimum absolute atomic E-state index is 0.159. The van der Waals surface area contributed by atoms with Gasteiger partial charge in [-0.2, -0.15) is 0 Å². The predicted molar refractivity (Wildman–Crippen MR) is 111 cm³/mol. The number of nitrogens with zero attached hydrogens (tertiary/aromatic N) is 2. The molecule has 0 aromatic heterocycles. The molecule has 4 nitrogen and oxygen atoms in total. The molecule has 2 saturated heterocycles. The first-order chi connectivity index (χ1) is 13.7. The lowest BCUT2D eigenvalue weighted by molar-refractivity contribution is 0.0699. The Kier molecular flexibility index (Phi) is 5.79. The number of methoxy groups -OCH3 is 1. The van der Waals surface area contributed by atoms with Crippen LogP contribution >= 0.6 is 0 Å². The van der Waals surface area contributed by atoms with Crippen molar-refractivity contribution in [1.82, 2.24) is 9.80 Å². The van der Waals surface area contributed by atoms with E-state index in [-0.39, 0.29) is 11.9 Å². The van der Waals surface area contributed by atoms with Gasteiger partial charge in [0.05, 0.1) is 6.04 Å². The van der Waals surface area contributed by atoms with Gasteiger partial charge < -0.3 is 14.5 Å². The summed E-state index contributed by atoms with van der Waals surface area (Å²) in [4.78, 5) is 18.1. The molecular formula is C24H30N2O2. The zero-order valence-corrected chi connectivity index (χ0v) is 16.9. The van der Waals surface area contributed by atoms with E-state index in [1.165, 1.54) is 11.1 Å². The van der Waals surface area contributed by atoms with Crippen LogP contribution in [0.5, 0.6) is 0 Å². The third-order valence-electron chi connectivity index (χ3n) is 6.35. The first-order valence-corrected chi connectivity index (χ1v) is 10.3. The van der Waals surface area contributed by atoms with Crippen LogP contribution in [0.3, 0.4) is 0 Å². The van der Waals surface area contributed by atoms with Crippen molar-refractivity contribution in [3.05, 3.63) is 71.3 Å². The number of hydrogen-bond acceptors (Lipinski definition) is 3. The maximum absolute atomic E-state index is 13.4. The summed E-state index contributed by atoms with van der Waals surface area (Å²) in [5, 5.41) is 0. The van der Waals surface area contributed by atoms with Gasteiger partial charge in [-0.3, -0.25) is 4.79 Å². The summed E-state index contributed by atoms with van der Waals surface area (Å²) >= 11 is 0. The van der Waals surface area contributed by atoms with E-state index < -0.39 is 0 Å². The highest BCUT2D eigenvalue weighted by atomic mass is 16.5. The van der Waals surface area contributed by atoms with Crippen molar-refractivity contribution < 1.29 is 9.53 Å². The number of carbonyl (C=O) groups excluding carboxylic acids is 1. The van der Waals surface area contributed by atoms with Crippen molar-refractivity contribution in [1.29, 1.82) is 0 Å². The fraction of sp³-hybridized carbons (Fsp3) is 0.458. The molecule has 0 radical (unpaired) electrons. The number of aryl methyl sites for hydroxylation is 1. The molecule has 2 fully saturated rings. The zero-order chi connectivity index (χ0) is 19.5. The van der Waals surface area contributed by atoms with Crippen LogP contribution in [-0.4, -0.2) is 55.6 Å². The highest BCUT2D eigenvalue weighted by molar-refractivity contribution is 5.94. The number of ether oxygens (including phenoxy) is 1. The number of hydrogen-bond donors (Lipinski definition) is 0. The molecule has 2 heterocycles. The maximum Gasteiger partial charge on any atom is 0.254 e. The topological polar surface area (TPSA) is 32.8 Å². The van der Waals surface area contributed by atoms with Gasteiger partial charge in [0.15, 0.2) is 0 Å². The van der Waals surface area contributed by atoms with E-state index in [1.807, 2.05) is 30.3 Å². The Morgan fingerprint density at radius 1 is 1.04 bits per heavy atom. The largest absolute Gasteiger partial charge is 0.385 e. The van der Waals surface area contributed by atoms with E-state index in [9.17, 15) is 4.79 Å². The van der Waals surface area contributed by atoms with E-state index in [4.69, 9.17) is 4.74 Å². The van der Waals surface area contributed by atoms with Crippen molar-refractivity contribution in [3.8, 4) is 0 Å². The quantitative estimate of drug-likeness (QED) is 0.717. The van der Waals surface area contributed by atoms with E-state index >= 15 is 0 Å². The summed E-state index contributed by atoms with van der Waals surface area (Å²) < 4.78 is 5.22. The summed E-state index contributed by atoms with van der Waals surface area (Å²) in [5.41, 5.74) is 3.37. The number of fused-ring (bicyclic) bond motifs is 1. The molecule has 28 heavy (non-hydrogen) atoms. The molecule has 148 valence electrons. The van der Waals surface area contributed by atoms with Crippen LogP contribution < -0.4 is 0 Å². The second-order valence-corrected chi connectivity index (χ2v) is 8.15. The van der Waals surface area contributed by atoms with Gasteiger partial charge in [0.25, 0.3) is 5.91 Å². The Balaban J connectivity index is 1.60. The number of likely N-dealkylation sites (tertiary alicyclic amines) is 2. The molecule has 2 aliphatic heterocycles. The smallest absolute Gasteiger partial charge is 0.254 e. The molecule has 1 amide bonds. The Morgan fingerprint density at radius 3 is 2.54 bits per heavy atom. The fourth-order valence-corrected chi connectivity index (χ4v) is 5.02. The molecule has 2 aliphatic rings. The molecule has 0 spiro atoms. The standard InChI is InChI=1S/C24H30N2O2/c1-18-9-6-7-12-21(18)23-22-17-25(13-8-14-28-2)15-20(22)16-26(23)24(27)19-10-4-3-5-11-19/h3-7,9-12,20,22-23H,8,13-17H2,1-2H3/t20-,22-,23+/m0/s1. The molecule has 2 aromatic carbocycles. The molecule has 0 bridgehead atoms. The average Bonchev–Trinajstić information content (AvgIpc) is 3.26. The van der Waals surface area contributed by atoms with Gasteiger partial charge in [0.1, 0.15) is 0 Å². The second-order valence-electron chi connectivity index (χ2n) is 8.15. The van der Waals surface area contributed by atoms with Gasteiger partial charge in [-0.1, -0.05) is 42.5 Å². The molecule has 4 heteroatoms. The van der Waals surface area contributed by atoms with Crippen LogP contribution in [-0.2, 0) is 4.74 Å². The van der Waals surface area contributed by atoms with Gasteiger partial charge in [-0.05, 0) is 42.5 Å². The summed E-state index contributed by atoms with van der Waals surface area (Å²) in [7, 11) is 1.76. The van der Waals surface area contributed by atoms with Gasteiger partial charge >= 0.3 is 0 Å². The van der Waals surface area contributed by atoms with Crippen LogP contribution in [0.2, 0.25) is 0 Å². The third kappa shape index (κ3) is 3.71. The van der Waals surface area contributed by atoms with Gasteiger partial charge in [-0.15, -0.1) is 0 Å². The lowest BCUT2D eigenvalue weighted by atomic mass is 9.87. The SMILES string of the molecule is COCCCN1C[C@H]2CN(C(=O)c3ccccc3)[C@H](c3ccccc3C)[C@H]2C1. The normalized spacial score (nSPS) is 24.5. The summed E-state index contributed by atoms with van der Waals surface area (Å²) in [6.45, 7) is 7.04. The maximum atomic E-state index is 13.4. The minimum Gasteiger partial charge on any atom is -0.385 e. The Hall–Kier alpha value is -2.17. The lowest BCUT2D eigenvalue weighted by Crippen LogP contribution is -2.36. The molecule has 4 rings (SSSR count). The van der Waals surface area contributed by atoms with E-state index in [0.717, 1.165) is 44.8 Å². The van der Waals surface area contributed by atoms with Gasteiger partial charge in [-0.25, -0.2) is 0 Å². The molecule has 0 N–H and O–H groups in total.